The van der Waals surface area contributed by atoms with Gasteiger partial charge in [-0.15, -0.1) is 11.3 Å². The van der Waals surface area contributed by atoms with E-state index in [0.29, 0.717) is 6.54 Å². The monoisotopic (exact) mass is 320 g/mol. The van der Waals surface area contributed by atoms with E-state index >= 15 is 0 Å². The zero-order valence-electron chi connectivity index (χ0n) is 12.0. The normalized spacial score (nSPS) is 12.2. The third kappa shape index (κ3) is 5.85. The smallest absolute Gasteiger partial charge is 0.300 e. The number of anilines is 1. The fraction of sp³-hybridized carbons (Fsp3) is 0.636. The molecule has 1 aromatic rings. The van der Waals surface area contributed by atoms with E-state index in [9.17, 15) is 13.2 Å². The number of rotatable bonds is 6. The van der Waals surface area contributed by atoms with Crippen molar-refractivity contribution in [3.05, 3.63) is 11.1 Å². The summed E-state index contributed by atoms with van der Waals surface area (Å²) in [5.74, 6) is -0.305. The highest BCUT2D eigenvalue weighted by Gasteiger charge is 2.15. The molecular formula is C11H20N4O3S2. The molecule has 0 spiro atoms. The number of carbonyl (C=O) groups is 1. The van der Waals surface area contributed by atoms with Gasteiger partial charge in [0.05, 0.1) is 0 Å². The number of nitrogens with zero attached hydrogens (tertiary/aromatic N) is 1. The van der Waals surface area contributed by atoms with Crippen LogP contribution in [0.5, 0.6) is 0 Å². The van der Waals surface area contributed by atoms with Crippen LogP contribution in [0.15, 0.2) is 5.38 Å². The van der Waals surface area contributed by atoms with E-state index in [-0.39, 0.29) is 22.1 Å². The number of nitrogens with one attached hydrogen (secondary N) is 3. The summed E-state index contributed by atoms with van der Waals surface area (Å²) < 4.78 is 26.9. The molecule has 20 heavy (non-hydrogen) atoms. The van der Waals surface area contributed by atoms with Gasteiger partial charge in [-0.1, -0.05) is 20.8 Å². The first-order valence-corrected chi connectivity index (χ1v) is 8.44. The second-order valence-electron chi connectivity index (χ2n) is 5.41. The summed E-state index contributed by atoms with van der Waals surface area (Å²) in [5.41, 5.74) is 0.348. The van der Waals surface area contributed by atoms with Gasteiger partial charge in [0, 0.05) is 19.0 Å². The van der Waals surface area contributed by atoms with Gasteiger partial charge in [-0.25, -0.2) is 14.4 Å². The maximum absolute atomic E-state index is 11.8. The van der Waals surface area contributed by atoms with Gasteiger partial charge in [0.2, 0.25) is 0 Å². The molecule has 0 bridgehead atoms. The van der Waals surface area contributed by atoms with Crippen molar-refractivity contribution in [1.82, 2.24) is 15.0 Å². The quantitative estimate of drug-likeness (QED) is 0.733. The highest BCUT2D eigenvalue weighted by molar-refractivity contribution is 7.91. The van der Waals surface area contributed by atoms with Crippen LogP contribution in [0, 0.1) is 5.41 Å². The molecule has 1 heterocycles. The van der Waals surface area contributed by atoms with Crippen LogP contribution in [0.1, 0.15) is 37.7 Å². The van der Waals surface area contributed by atoms with Gasteiger partial charge >= 0.3 is 10.2 Å². The summed E-state index contributed by atoms with van der Waals surface area (Å²) >= 11 is 1.06. The molecule has 1 aromatic heterocycles. The lowest BCUT2D eigenvalue weighted by Gasteiger charge is -2.17. The molecule has 1 amide bonds. The molecule has 0 fully saturated rings. The van der Waals surface area contributed by atoms with Crippen molar-refractivity contribution in [2.24, 2.45) is 5.41 Å². The van der Waals surface area contributed by atoms with Crippen molar-refractivity contribution in [1.29, 1.82) is 0 Å². The van der Waals surface area contributed by atoms with E-state index in [1.165, 1.54) is 12.4 Å². The molecule has 0 atom stereocenters. The molecule has 0 aliphatic rings. The standard InChI is InChI=1S/C11H20N4O3S2/c1-11(2,3)5-6-13-9(16)8-7-19-10(14-8)15-20(17,18)12-4/h7,12H,5-6H2,1-4H3,(H,13,16)(H,14,15). The lowest BCUT2D eigenvalue weighted by Crippen LogP contribution is -2.28. The first-order chi connectivity index (χ1) is 9.13. The van der Waals surface area contributed by atoms with Gasteiger partial charge in [0.25, 0.3) is 5.91 Å². The Balaban J connectivity index is 2.57. The van der Waals surface area contributed by atoms with E-state index in [2.05, 4.69) is 40.5 Å². The lowest BCUT2D eigenvalue weighted by atomic mass is 9.92. The number of amides is 1. The third-order valence-corrected chi connectivity index (χ3v) is 4.27. The van der Waals surface area contributed by atoms with Crippen LogP contribution in [0.4, 0.5) is 5.13 Å². The third-order valence-electron chi connectivity index (χ3n) is 2.39. The molecule has 1 rings (SSSR count). The maximum atomic E-state index is 11.8. The summed E-state index contributed by atoms with van der Waals surface area (Å²) in [4.78, 5) is 15.8. The SMILES string of the molecule is CNS(=O)(=O)Nc1nc(C(=O)NCCC(C)(C)C)cs1. The van der Waals surface area contributed by atoms with E-state index in [1.54, 1.807) is 0 Å². The Morgan fingerprint density at radius 2 is 2.05 bits per heavy atom. The summed E-state index contributed by atoms with van der Waals surface area (Å²) in [5, 5.41) is 4.42. The van der Waals surface area contributed by atoms with Gasteiger partial charge < -0.3 is 5.32 Å². The van der Waals surface area contributed by atoms with Crippen molar-refractivity contribution >= 4 is 32.6 Å². The molecule has 0 unspecified atom stereocenters. The van der Waals surface area contributed by atoms with Crippen LogP contribution in [-0.4, -0.2) is 32.9 Å². The van der Waals surface area contributed by atoms with Gasteiger partial charge in [0.15, 0.2) is 5.13 Å². The van der Waals surface area contributed by atoms with Crippen molar-refractivity contribution in [2.75, 3.05) is 18.3 Å². The highest BCUT2D eigenvalue weighted by Crippen LogP contribution is 2.18. The molecule has 0 saturated heterocycles. The van der Waals surface area contributed by atoms with E-state index in [1.807, 2.05) is 0 Å². The molecule has 3 N–H and O–H groups in total. The summed E-state index contributed by atoms with van der Waals surface area (Å²) in [6.45, 7) is 6.82. The van der Waals surface area contributed by atoms with Crippen LogP contribution >= 0.6 is 11.3 Å². The predicted octanol–water partition coefficient (Wildman–Crippen LogP) is 1.19. The Morgan fingerprint density at radius 1 is 1.40 bits per heavy atom. The minimum absolute atomic E-state index is 0.142. The molecule has 0 radical (unpaired) electrons. The van der Waals surface area contributed by atoms with Crippen molar-refractivity contribution in [3.63, 3.8) is 0 Å². The minimum atomic E-state index is -3.61. The lowest BCUT2D eigenvalue weighted by molar-refractivity contribution is 0.0945. The molecule has 114 valence electrons. The largest absolute Gasteiger partial charge is 0.351 e. The molecular weight excluding hydrogens is 300 g/mol. The zero-order valence-corrected chi connectivity index (χ0v) is 13.6. The van der Waals surface area contributed by atoms with Crippen LogP contribution in [0.25, 0.3) is 0 Å². The molecule has 0 aliphatic carbocycles. The van der Waals surface area contributed by atoms with Crippen molar-refractivity contribution < 1.29 is 13.2 Å². The number of aromatic nitrogens is 1. The van der Waals surface area contributed by atoms with Crippen molar-refractivity contribution in [3.8, 4) is 0 Å². The summed E-state index contributed by atoms with van der Waals surface area (Å²) in [6, 6.07) is 0. The van der Waals surface area contributed by atoms with E-state index < -0.39 is 10.2 Å². The van der Waals surface area contributed by atoms with Gasteiger partial charge in [0.1, 0.15) is 5.69 Å². The van der Waals surface area contributed by atoms with E-state index in [0.717, 1.165) is 17.8 Å². The fourth-order valence-corrected chi connectivity index (χ4v) is 2.67. The van der Waals surface area contributed by atoms with Crippen LogP contribution in [-0.2, 0) is 10.2 Å². The number of hydrogen-bond donors (Lipinski definition) is 3. The summed E-state index contributed by atoms with van der Waals surface area (Å²) in [6.07, 6.45) is 0.849. The Morgan fingerprint density at radius 3 is 2.60 bits per heavy atom. The van der Waals surface area contributed by atoms with Gasteiger partial charge in [-0.3, -0.25) is 4.79 Å². The Hall–Kier alpha value is -1.19. The second kappa shape index (κ2) is 6.51. The molecule has 0 aromatic carbocycles. The minimum Gasteiger partial charge on any atom is -0.351 e. The molecule has 0 saturated carbocycles. The zero-order chi connectivity index (χ0) is 15.4. The fourth-order valence-electron chi connectivity index (χ4n) is 1.23. The predicted molar refractivity (Wildman–Crippen MR) is 80.1 cm³/mol. The average Bonchev–Trinajstić information content (AvgIpc) is 2.75. The van der Waals surface area contributed by atoms with E-state index in [4.69, 9.17) is 0 Å². The maximum Gasteiger partial charge on any atom is 0.300 e. The van der Waals surface area contributed by atoms with Crippen LogP contribution in [0.2, 0.25) is 0 Å². The Kier molecular flexibility index (Phi) is 5.49. The number of carbonyl (C=O) groups excluding carboxylic acids is 1. The first kappa shape index (κ1) is 16.9. The molecule has 0 aliphatic heterocycles. The Bertz CT molecular complexity index is 560. The average molecular weight is 320 g/mol. The number of thiazole rings is 1. The van der Waals surface area contributed by atoms with Crippen molar-refractivity contribution in [2.45, 2.75) is 27.2 Å². The Labute approximate surface area is 123 Å². The molecule has 7 nitrogen and oxygen atoms in total. The summed E-state index contributed by atoms with van der Waals surface area (Å²) in [7, 11) is -2.32. The number of hydrogen-bond acceptors (Lipinski definition) is 5. The first-order valence-electron chi connectivity index (χ1n) is 6.08. The van der Waals surface area contributed by atoms with Gasteiger partial charge in [-0.05, 0) is 11.8 Å². The highest BCUT2D eigenvalue weighted by atomic mass is 32.2. The molecule has 9 heteroatoms. The van der Waals surface area contributed by atoms with Crippen LogP contribution < -0.4 is 14.8 Å². The topological polar surface area (TPSA) is 100 Å². The van der Waals surface area contributed by atoms with Gasteiger partial charge in [-0.2, -0.15) is 8.42 Å². The van der Waals surface area contributed by atoms with Crippen LogP contribution in [0.3, 0.4) is 0 Å². The second-order valence-corrected chi connectivity index (χ2v) is 7.89.